The van der Waals surface area contributed by atoms with Crippen molar-refractivity contribution in [3.8, 4) is 0 Å². The summed E-state index contributed by atoms with van der Waals surface area (Å²) in [6.07, 6.45) is 4.12. The van der Waals surface area contributed by atoms with E-state index in [4.69, 9.17) is 4.98 Å². The van der Waals surface area contributed by atoms with Crippen LogP contribution in [-0.4, -0.2) is 33.4 Å². The molecule has 1 fully saturated rings. The monoisotopic (exact) mass is 391 g/mol. The number of nitrogens with zero attached hydrogens (tertiary/aromatic N) is 3. The smallest absolute Gasteiger partial charge is 0.321 e. The van der Waals surface area contributed by atoms with Gasteiger partial charge in [-0.3, -0.25) is 0 Å². The number of carbonyl (C=O) groups excluding carboxylic acids is 1. The highest BCUT2D eigenvalue weighted by molar-refractivity contribution is 5.91. The third kappa shape index (κ3) is 3.79. The van der Waals surface area contributed by atoms with Gasteiger partial charge in [-0.05, 0) is 63.3 Å². The zero-order chi connectivity index (χ0) is 20.5. The Kier molecular flexibility index (Phi) is 5.18. The number of amides is 2. The van der Waals surface area contributed by atoms with Crippen LogP contribution in [0.25, 0.3) is 5.65 Å². The van der Waals surface area contributed by atoms with Crippen molar-refractivity contribution >= 4 is 23.1 Å². The summed E-state index contributed by atoms with van der Waals surface area (Å²) in [5.41, 5.74) is 8.46. The van der Waals surface area contributed by atoms with Crippen LogP contribution < -0.4 is 10.6 Å². The SMILES string of the molecule is Cc1cccc(C)c1CNc1cc(NC(=O)N2CCCC2)cn2c(C)c(C)nc12. The van der Waals surface area contributed by atoms with Crippen molar-refractivity contribution in [2.24, 2.45) is 0 Å². The van der Waals surface area contributed by atoms with Gasteiger partial charge in [-0.15, -0.1) is 0 Å². The number of rotatable bonds is 4. The van der Waals surface area contributed by atoms with E-state index >= 15 is 0 Å². The van der Waals surface area contributed by atoms with Gasteiger partial charge >= 0.3 is 6.03 Å². The summed E-state index contributed by atoms with van der Waals surface area (Å²) in [4.78, 5) is 19.2. The minimum atomic E-state index is -0.0305. The Morgan fingerprint density at radius 3 is 2.48 bits per heavy atom. The van der Waals surface area contributed by atoms with Crippen molar-refractivity contribution in [2.45, 2.75) is 47.1 Å². The molecule has 0 atom stereocenters. The zero-order valence-electron chi connectivity index (χ0n) is 17.7. The van der Waals surface area contributed by atoms with Crippen LogP contribution >= 0.6 is 0 Å². The van der Waals surface area contributed by atoms with Crippen LogP contribution in [-0.2, 0) is 6.54 Å². The van der Waals surface area contributed by atoms with Gasteiger partial charge in [-0.25, -0.2) is 9.78 Å². The van der Waals surface area contributed by atoms with Gasteiger partial charge in [0.15, 0.2) is 5.65 Å². The number of nitrogens with one attached hydrogen (secondary N) is 2. The van der Waals surface area contributed by atoms with Gasteiger partial charge in [-0.2, -0.15) is 0 Å². The maximum absolute atomic E-state index is 12.6. The second-order valence-electron chi connectivity index (χ2n) is 7.97. The molecular formula is C23H29N5O. The molecule has 6 nitrogen and oxygen atoms in total. The standard InChI is InChI=1S/C23H29N5O/c1-15-8-7-9-16(2)20(15)13-24-21-12-19(26-23(29)27-10-5-6-11-27)14-28-18(4)17(3)25-22(21)28/h7-9,12,14,24H,5-6,10-11,13H2,1-4H3,(H,26,29). The van der Waals surface area contributed by atoms with Crippen molar-refractivity contribution < 1.29 is 4.79 Å². The van der Waals surface area contributed by atoms with Crippen LogP contribution in [0.5, 0.6) is 0 Å². The lowest BCUT2D eigenvalue weighted by atomic mass is 10.0. The van der Waals surface area contributed by atoms with Crippen LogP contribution in [0.4, 0.5) is 16.2 Å². The third-order valence-corrected chi connectivity index (χ3v) is 5.94. The molecule has 0 radical (unpaired) electrons. The first-order valence-electron chi connectivity index (χ1n) is 10.3. The predicted molar refractivity (Wildman–Crippen MR) is 118 cm³/mol. The fraction of sp³-hybridized carbons (Fsp3) is 0.391. The number of anilines is 2. The van der Waals surface area contributed by atoms with E-state index in [1.807, 2.05) is 24.1 Å². The number of urea groups is 1. The number of likely N-dealkylation sites (tertiary alicyclic amines) is 1. The van der Waals surface area contributed by atoms with Gasteiger partial charge in [0.2, 0.25) is 0 Å². The number of aryl methyl sites for hydroxylation is 4. The van der Waals surface area contributed by atoms with Gasteiger partial charge in [0.1, 0.15) is 0 Å². The summed E-state index contributed by atoms with van der Waals surface area (Å²) in [6.45, 7) is 10.7. The molecule has 0 bridgehead atoms. The highest BCUT2D eigenvalue weighted by Gasteiger charge is 2.19. The highest BCUT2D eigenvalue weighted by Crippen LogP contribution is 2.26. The Balaban J connectivity index is 1.66. The molecule has 2 N–H and O–H groups in total. The summed E-state index contributed by atoms with van der Waals surface area (Å²) in [5, 5.41) is 6.63. The fourth-order valence-corrected chi connectivity index (χ4v) is 4.00. The maximum Gasteiger partial charge on any atom is 0.321 e. The van der Waals surface area contributed by atoms with Crippen molar-refractivity contribution in [3.05, 3.63) is 58.5 Å². The second kappa shape index (κ2) is 7.78. The Morgan fingerprint density at radius 2 is 1.79 bits per heavy atom. The Morgan fingerprint density at radius 1 is 1.10 bits per heavy atom. The summed E-state index contributed by atoms with van der Waals surface area (Å²) < 4.78 is 2.06. The van der Waals surface area contributed by atoms with Crippen LogP contribution in [0.3, 0.4) is 0 Å². The predicted octanol–water partition coefficient (Wildman–Crippen LogP) is 4.81. The second-order valence-corrected chi connectivity index (χ2v) is 7.97. The first kappa shape index (κ1) is 19.3. The summed E-state index contributed by atoms with van der Waals surface area (Å²) in [6, 6.07) is 8.31. The minimum Gasteiger partial charge on any atom is -0.378 e. The Labute approximate surface area is 171 Å². The molecular weight excluding hydrogens is 362 g/mol. The quantitative estimate of drug-likeness (QED) is 0.671. The fourth-order valence-electron chi connectivity index (χ4n) is 4.00. The number of hydrogen-bond acceptors (Lipinski definition) is 3. The van der Waals surface area contributed by atoms with E-state index in [1.165, 1.54) is 16.7 Å². The van der Waals surface area contributed by atoms with Crippen molar-refractivity contribution in [1.82, 2.24) is 14.3 Å². The average Bonchev–Trinajstić information content (AvgIpc) is 3.31. The number of imidazole rings is 1. The molecule has 4 rings (SSSR count). The number of benzene rings is 1. The number of pyridine rings is 1. The lowest BCUT2D eigenvalue weighted by molar-refractivity contribution is 0.222. The van der Waals surface area contributed by atoms with Crippen LogP contribution in [0.15, 0.2) is 30.5 Å². The summed E-state index contributed by atoms with van der Waals surface area (Å²) in [7, 11) is 0. The molecule has 1 saturated heterocycles. The molecule has 2 amide bonds. The van der Waals surface area contributed by atoms with Gasteiger partial charge < -0.3 is 19.9 Å². The van der Waals surface area contributed by atoms with Crippen molar-refractivity contribution in [2.75, 3.05) is 23.7 Å². The molecule has 3 aromatic rings. The molecule has 0 unspecified atom stereocenters. The normalized spacial score (nSPS) is 13.9. The minimum absolute atomic E-state index is 0.0305. The van der Waals surface area contributed by atoms with Crippen LogP contribution in [0, 0.1) is 27.7 Å². The number of aromatic nitrogens is 2. The molecule has 152 valence electrons. The molecule has 0 spiro atoms. The summed E-state index contributed by atoms with van der Waals surface area (Å²) in [5.74, 6) is 0. The zero-order valence-corrected chi connectivity index (χ0v) is 17.7. The molecule has 3 heterocycles. The van der Waals surface area contributed by atoms with E-state index in [0.717, 1.165) is 54.3 Å². The van der Waals surface area contributed by atoms with Crippen LogP contribution in [0.2, 0.25) is 0 Å². The topological polar surface area (TPSA) is 61.7 Å². The summed E-state index contributed by atoms with van der Waals surface area (Å²) >= 11 is 0. The van der Waals surface area contributed by atoms with Crippen molar-refractivity contribution in [1.29, 1.82) is 0 Å². The van der Waals surface area contributed by atoms with E-state index < -0.39 is 0 Å². The van der Waals surface area contributed by atoms with Gasteiger partial charge in [0.25, 0.3) is 0 Å². The largest absolute Gasteiger partial charge is 0.378 e. The molecule has 1 aromatic carbocycles. The van der Waals surface area contributed by atoms with Crippen molar-refractivity contribution in [3.63, 3.8) is 0 Å². The average molecular weight is 392 g/mol. The lowest BCUT2D eigenvalue weighted by Crippen LogP contribution is -2.32. The van der Waals surface area contributed by atoms with E-state index in [0.29, 0.717) is 6.54 Å². The Hall–Kier alpha value is -3.02. The molecule has 29 heavy (non-hydrogen) atoms. The first-order valence-corrected chi connectivity index (χ1v) is 10.3. The first-order chi connectivity index (χ1) is 13.9. The lowest BCUT2D eigenvalue weighted by Gasteiger charge is -2.18. The third-order valence-electron chi connectivity index (χ3n) is 5.94. The number of fused-ring (bicyclic) bond motifs is 1. The molecule has 0 saturated carbocycles. The molecule has 1 aliphatic rings. The van der Waals surface area contributed by atoms with Gasteiger partial charge in [-0.1, -0.05) is 18.2 Å². The van der Waals surface area contributed by atoms with Gasteiger partial charge in [0.05, 0.1) is 17.1 Å². The van der Waals surface area contributed by atoms with Gasteiger partial charge in [0, 0.05) is 31.5 Å². The van der Waals surface area contributed by atoms with E-state index in [1.54, 1.807) is 0 Å². The molecule has 0 aliphatic carbocycles. The van der Waals surface area contributed by atoms with E-state index in [9.17, 15) is 4.79 Å². The number of hydrogen-bond donors (Lipinski definition) is 2. The maximum atomic E-state index is 12.6. The number of carbonyl (C=O) groups is 1. The van der Waals surface area contributed by atoms with E-state index in [-0.39, 0.29) is 6.03 Å². The molecule has 1 aliphatic heterocycles. The molecule has 2 aromatic heterocycles. The van der Waals surface area contributed by atoms with E-state index in [2.05, 4.69) is 54.0 Å². The van der Waals surface area contributed by atoms with Crippen LogP contribution in [0.1, 0.15) is 40.9 Å². The Bertz CT molecular complexity index is 1040. The highest BCUT2D eigenvalue weighted by atomic mass is 16.2. The molecule has 6 heteroatoms.